The Balaban J connectivity index is 2.07. The van der Waals surface area contributed by atoms with Gasteiger partial charge >= 0.3 is 0 Å². The third-order valence-corrected chi connectivity index (χ3v) is 7.32. The Morgan fingerprint density at radius 3 is 2.47 bits per heavy atom. The topological polar surface area (TPSA) is 94.3 Å². The Morgan fingerprint density at radius 2 is 1.85 bits per heavy atom. The van der Waals surface area contributed by atoms with Gasteiger partial charge in [-0.05, 0) is 43.8 Å². The summed E-state index contributed by atoms with van der Waals surface area (Å²) >= 11 is 0. The van der Waals surface area contributed by atoms with Crippen molar-refractivity contribution in [2.75, 3.05) is 45.4 Å². The number of ether oxygens (including phenoxy) is 2. The van der Waals surface area contributed by atoms with Gasteiger partial charge in [-0.3, -0.25) is 0 Å². The summed E-state index contributed by atoms with van der Waals surface area (Å²) in [4.78, 5) is 9.31. The molecule has 7 heteroatoms. The van der Waals surface area contributed by atoms with Gasteiger partial charge in [-0.1, -0.05) is 50.1 Å². The molecule has 1 aromatic heterocycles. The lowest BCUT2D eigenvalue weighted by Gasteiger charge is -2.45. The van der Waals surface area contributed by atoms with Crippen LogP contribution in [0.4, 0.5) is 11.8 Å². The lowest BCUT2D eigenvalue weighted by Crippen LogP contribution is -2.44. The van der Waals surface area contributed by atoms with Gasteiger partial charge in [0.05, 0.1) is 25.1 Å². The lowest BCUT2D eigenvalue weighted by molar-refractivity contribution is 0.237. The first kappa shape index (κ1) is 24.1. The van der Waals surface area contributed by atoms with E-state index in [1.807, 2.05) is 6.07 Å². The number of aromatic nitrogens is 2. The van der Waals surface area contributed by atoms with Crippen molar-refractivity contribution in [3.8, 4) is 11.5 Å². The number of unbranched alkanes of at least 4 members (excludes halogenated alkanes) is 1. The first-order valence-electron chi connectivity index (χ1n) is 12.3. The minimum Gasteiger partial charge on any atom is -0.493 e. The molecule has 1 atom stereocenters. The summed E-state index contributed by atoms with van der Waals surface area (Å²) in [5, 5.41) is 7.46. The number of rotatable bonds is 9. The summed E-state index contributed by atoms with van der Waals surface area (Å²) < 4.78 is 11.9. The Morgan fingerprint density at radius 1 is 1.12 bits per heavy atom. The monoisotopic (exact) mass is 463 g/mol. The molecule has 1 saturated heterocycles. The highest BCUT2D eigenvalue weighted by Crippen LogP contribution is 2.54. The molecule has 4 rings (SSSR count). The predicted octanol–water partition coefficient (Wildman–Crippen LogP) is 4.87. The molecule has 1 aliphatic heterocycles. The number of fused-ring (bicyclic) bond motifs is 1. The average molecular weight is 464 g/mol. The molecule has 1 fully saturated rings. The third-order valence-electron chi connectivity index (χ3n) is 7.32. The van der Waals surface area contributed by atoms with Crippen LogP contribution in [0.15, 0.2) is 36.4 Å². The maximum atomic E-state index is 6.63. The van der Waals surface area contributed by atoms with Crippen LogP contribution in [0.25, 0.3) is 10.9 Å². The number of methoxy groups -OCH3 is 2. The fourth-order valence-corrected chi connectivity index (χ4v) is 5.71. The number of anilines is 2. The van der Waals surface area contributed by atoms with Gasteiger partial charge in [-0.25, -0.2) is 4.98 Å². The van der Waals surface area contributed by atoms with E-state index in [1.54, 1.807) is 21.3 Å². The predicted molar refractivity (Wildman–Crippen MR) is 139 cm³/mol. The molecule has 1 unspecified atom stereocenters. The van der Waals surface area contributed by atoms with Crippen molar-refractivity contribution < 1.29 is 9.47 Å². The van der Waals surface area contributed by atoms with E-state index in [2.05, 4.69) is 52.9 Å². The van der Waals surface area contributed by atoms with E-state index < -0.39 is 0 Å². The van der Waals surface area contributed by atoms with Crippen LogP contribution < -0.4 is 25.8 Å². The van der Waals surface area contributed by atoms with Crippen LogP contribution in [0.2, 0.25) is 0 Å². The van der Waals surface area contributed by atoms with Crippen LogP contribution in [-0.4, -0.2) is 44.3 Å². The van der Waals surface area contributed by atoms with E-state index in [4.69, 9.17) is 20.2 Å². The average Bonchev–Trinajstić information content (AvgIpc) is 2.89. The van der Waals surface area contributed by atoms with Crippen LogP contribution in [0.5, 0.6) is 11.5 Å². The molecule has 0 saturated carbocycles. The normalized spacial score (nSPS) is 16.2. The second kappa shape index (κ2) is 10.5. The molecule has 0 spiro atoms. The molecule has 0 radical (unpaired) electrons. The fraction of sp³-hybridized carbons (Fsp3) is 0.481. The molecule has 4 N–H and O–H groups in total. The molecule has 7 nitrogen and oxygen atoms in total. The maximum absolute atomic E-state index is 6.63. The first-order valence-corrected chi connectivity index (χ1v) is 12.3. The highest BCUT2D eigenvalue weighted by molar-refractivity contribution is 5.96. The number of nitrogen functional groups attached to an aromatic ring is 1. The number of nitrogens with zero attached hydrogens (tertiary/aromatic N) is 2. The van der Waals surface area contributed by atoms with Crippen LogP contribution in [0, 0.1) is 0 Å². The molecule has 0 aliphatic carbocycles. The second-order valence-electron chi connectivity index (χ2n) is 9.07. The van der Waals surface area contributed by atoms with Crippen molar-refractivity contribution in [2.24, 2.45) is 0 Å². The summed E-state index contributed by atoms with van der Waals surface area (Å²) in [6.45, 7) is 4.18. The van der Waals surface area contributed by atoms with Crippen molar-refractivity contribution in [2.45, 2.75) is 50.4 Å². The Kier molecular flexibility index (Phi) is 7.41. The second-order valence-corrected chi connectivity index (χ2v) is 9.07. The van der Waals surface area contributed by atoms with Crippen LogP contribution in [0.1, 0.15) is 56.1 Å². The highest BCUT2D eigenvalue weighted by Gasteiger charge is 2.44. The zero-order valence-electron chi connectivity index (χ0n) is 20.8. The number of hydrogen-bond donors (Lipinski definition) is 3. The van der Waals surface area contributed by atoms with Crippen LogP contribution >= 0.6 is 0 Å². The molecule has 182 valence electrons. The molecule has 0 bridgehead atoms. The summed E-state index contributed by atoms with van der Waals surface area (Å²) in [5.74, 6) is 2.52. The third kappa shape index (κ3) is 4.25. The van der Waals surface area contributed by atoms with E-state index in [9.17, 15) is 0 Å². The van der Waals surface area contributed by atoms with E-state index in [1.165, 1.54) is 5.56 Å². The molecule has 0 amide bonds. The number of nitrogens with one attached hydrogen (secondary N) is 2. The molecule has 34 heavy (non-hydrogen) atoms. The van der Waals surface area contributed by atoms with Gasteiger partial charge in [0.15, 0.2) is 11.5 Å². The van der Waals surface area contributed by atoms with Gasteiger partial charge in [0.2, 0.25) is 5.95 Å². The van der Waals surface area contributed by atoms with Gasteiger partial charge in [0.25, 0.3) is 0 Å². The van der Waals surface area contributed by atoms with Gasteiger partial charge in [0, 0.05) is 24.1 Å². The Bertz CT molecular complexity index is 1110. The molecular weight excluding hydrogens is 426 g/mol. The number of nitrogens with two attached hydrogens (primary N) is 1. The number of hydrogen-bond acceptors (Lipinski definition) is 7. The smallest absolute Gasteiger partial charge is 0.224 e. The molecule has 2 heterocycles. The SMILES string of the molecule is CCCCC(c1c(OC)c(OC)cc2nc(NC)nc(N)c12)C1(c2ccccc2)CCNCC1. The van der Waals surface area contributed by atoms with Gasteiger partial charge in [-0.2, -0.15) is 4.98 Å². The van der Waals surface area contributed by atoms with Gasteiger partial charge in [-0.15, -0.1) is 0 Å². The van der Waals surface area contributed by atoms with Gasteiger partial charge < -0.3 is 25.8 Å². The van der Waals surface area contributed by atoms with Crippen molar-refractivity contribution >= 4 is 22.7 Å². The van der Waals surface area contributed by atoms with E-state index in [0.29, 0.717) is 17.5 Å². The van der Waals surface area contributed by atoms with Crippen molar-refractivity contribution in [3.63, 3.8) is 0 Å². The van der Waals surface area contributed by atoms with E-state index >= 15 is 0 Å². The minimum atomic E-state index is -0.0671. The minimum absolute atomic E-state index is 0.0671. The summed E-state index contributed by atoms with van der Waals surface area (Å²) in [7, 11) is 5.18. The number of benzene rings is 2. The molecule has 3 aromatic rings. The zero-order chi connectivity index (χ0) is 24.1. The van der Waals surface area contributed by atoms with Crippen molar-refractivity contribution in [1.82, 2.24) is 15.3 Å². The summed E-state index contributed by atoms with van der Waals surface area (Å²) in [5.41, 5.74) is 9.76. The van der Waals surface area contributed by atoms with Crippen molar-refractivity contribution in [3.05, 3.63) is 47.5 Å². The maximum Gasteiger partial charge on any atom is 0.224 e. The largest absolute Gasteiger partial charge is 0.493 e. The van der Waals surface area contributed by atoms with Crippen molar-refractivity contribution in [1.29, 1.82) is 0 Å². The quantitative estimate of drug-likeness (QED) is 0.417. The van der Waals surface area contributed by atoms with E-state index in [0.717, 1.165) is 67.4 Å². The summed E-state index contributed by atoms with van der Waals surface area (Å²) in [6, 6.07) is 12.8. The number of piperidine rings is 1. The standard InChI is InChI=1S/C27H37N5O2/c1-5-6-12-19(27(13-15-30-16-14-27)18-10-8-7-9-11-18)22-23-20(17-21(33-3)24(22)34-4)31-26(29-2)32-25(23)28/h7-11,17,19,30H,5-6,12-16H2,1-4H3,(H3,28,29,31,32). The Hall–Kier alpha value is -3.06. The molecule has 1 aliphatic rings. The molecule has 2 aromatic carbocycles. The molecular formula is C27H37N5O2. The lowest BCUT2D eigenvalue weighted by atomic mass is 9.60. The van der Waals surface area contributed by atoms with Crippen LogP contribution in [-0.2, 0) is 5.41 Å². The van der Waals surface area contributed by atoms with Crippen LogP contribution in [0.3, 0.4) is 0 Å². The fourth-order valence-electron chi connectivity index (χ4n) is 5.71. The zero-order valence-corrected chi connectivity index (χ0v) is 20.8. The van der Waals surface area contributed by atoms with Gasteiger partial charge in [0.1, 0.15) is 5.82 Å². The highest BCUT2D eigenvalue weighted by atomic mass is 16.5. The summed E-state index contributed by atoms with van der Waals surface area (Å²) in [6.07, 6.45) is 5.28. The Labute approximate surface area is 202 Å². The van der Waals surface area contributed by atoms with E-state index in [-0.39, 0.29) is 11.3 Å². The first-order chi connectivity index (χ1) is 16.6.